The van der Waals surface area contributed by atoms with Gasteiger partial charge in [-0.05, 0) is 24.0 Å². The Kier molecular flexibility index (Phi) is 11.3. The van der Waals surface area contributed by atoms with Crippen LogP contribution in [0.15, 0.2) is 76.8 Å². The molecule has 2 aromatic carbocycles. The molecule has 0 fully saturated rings. The van der Waals surface area contributed by atoms with Crippen LogP contribution < -0.4 is 0 Å². The van der Waals surface area contributed by atoms with Crippen molar-refractivity contribution in [3.63, 3.8) is 0 Å². The molecule has 0 N–H and O–H groups in total. The van der Waals surface area contributed by atoms with E-state index in [4.69, 9.17) is 0 Å². The minimum absolute atomic E-state index is 0.0517. The van der Waals surface area contributed by atoms with E-state index in [9.17, 15) is 0 Å². The standard InChI is InChI=1S/C14H14.2C2H2.2C.4Sb.Zr.2H/c1-3-7-13(8-4-1)11-12-14-9-5-2-6-10-14;2*1-2;;;;;;;;;/h1-10H,11-12H2;2*1-2H;;;;;;;;;. The topological polar surface area (TPSA) is 0 Å². The Morgan fingerprint density at radius 3 is 1.44 bits per heavy atom. The van der Waals surface area contributed by atoms with E-state index in [-0.39, 0.29) is 109 Å². The fourth-order valence-electron chi connectivity index (χ4n) is 2.36. The smallest absolute Gasteiger partial charge is 0.0238 e. The molecular weight excluding hydrogens is 818 g/mol. The van der Waals surface area contributed by atoms with Crippen LogP contribution in [0.5, 0.6) is 0 Å². The zero-order valence-electron chi connectivity index (χ0n) is 13.9. The van der Waals surface area contributed by atoms with Crippen LogP contribution in [0.3, 0.4) is 0 Å². The molecule has 0 nitrogen and oxygen atoms in total. The predicted octanol–water partition coefficient (Wildman–Crippen LogP) is 1.97. The molecule has 5 heteroatoms. The second-order valence-corrected chi connectivity index (χ2v) is 41.0. The van der Waals surface area contributed by atoms with E-state index in [2.05, 4.69) is 75.0 Å². The third-order valence-corrected chi connectivity index (χ3v) is 43.1. The van der Waals surface area contributed by atoms with Crippen molar-refractivity contribution in [2.24, 2.45) is 0 Å². The maximum atomic E-state index is 2.60. The van der Waals surface area contributed by atoms with Gasteiger partial charge in [0.15, 0.2) is 0 Å². The summed E-state index contributed by atoms with van der Waals surface area (Å²) in [4.78, 5) is 0. The van der Waals surface area contributed by atoms with E-state index in [1.165, 1.54) is 11.1 Å². The van der Waals surface area contributed by atoms with Crippen LogP contribution >= 0.6 is 0 Å². The Bertz CT molecular complexity index is 712. The molecule has 0 radical (unpaired) electrons. The fraction of sp³-hybridized carbons (Fsp3) is 0.100. The van der Waals surface area contributed by atoms with Crippen molar-refractivity contribution in [1.82, 2.24) is 0 Å². The molecule has 0 atom stereocenters. The largest absolute Gasteiger partial charge is 0.0622 e. The van der Waals surface area contributed by atoms with Gasteiger partial charge in [-0.1, -0.05) is 60.7 Å². The second kappa shape index (κ2) is 13.1. The van der Waals surface area contributed by atoms with Crippen LogP contribution in [-0.2, 0) is 36.1 Å². The Hall–Kier alpha value is 1.82. The summed E-state index contributed by atoms with van der Waals surface area (Å²) in [6.45, 7) is 0. The van der Waals surface area contributed by atoms with Crippen molar-refractivity contribution < 1.29 is 23.2 Å². The summed E-state index contributed by atoms with van der Waals surface area (Å²) in [5.41, 5.74) is 2.83. The zero-order valence-corrected chi connectivity index (χ0v) is 27.2. The Labute approximate surface area is 204 Å². The molecule has 0 amide bonds. The van der Waals surface area contributed by atoms with Gasteiger partial charge in [0.25, 0.3) is 0 Å². The minimum atomic E-state index is 0.0517. The van der Waals surface area contributed by atoms with Crippen molar-refractivity contribution in [3.8, 4) is 0 Å². The summed E-state index contributed by atoms with van der Waals surface area (Å²) in [6.07, 6.45) is 2.26. The van der Waals surface area contributed by atoms with Gasteiger partial charge in [-0.25, -0.2) is 0 Å². The van der Waals surface area contributed by atoms with Crippen molar-refractivity contribution >= 4 is 83.7 Å². The van der Waals surface area contributed by atoms with Crippen molar-refractivity contribution in [2.75, 3.05) is 0 Å². The van der Waals surface area contributed by atoms with E-state index < -0.39 is 0 Å². The molecule has 0 saturated carbocycles. The third kappa shape index (κ3) is 8.79. The summed E-state index contributed by atoms with van der Waals surface area (Å²) >= 11 is 0.633. The van der Waals surface area contributed by atoms with E-state index >= 15 is 0 Å². The van der Waals surface area contributed by atoms with Gasteiger partial charge in [0.1, 0.15) is 0 Å². The Morgan fingerprint density at radius 1 is 0.640 bits per heavy atom. The monoisotopic (exact) mass is 834 g/mol. The summed E-state index contributed by atoms with van der Waals surface area (Å²) < 4.78 is 15.0. The number of hydrogen-bond acceptors (Lipinski definition) is 0. The molecule has 0 unspecified atom stereocenters. The molecule has 2 heterocycles. The normalized spacial score (nSPS) is 14.6. The number of benzene rings is 2. The third-order valence-electron chi connectivity index (χ3n) is 3.62. The average molecular weight is 839 g/mol. The van der Waals surface area contributed by atoms with Gasteiger partial charge in [-0.3, -0.25) is 0 Å². The molecule has 2 aromatic rings. The zero-order chi connectivity index (χ0) is 17.2. The van der Waals surface area contributed by atoms with Crippen LogP contribution in [0.2, 0.25) is 0 Å². The first-order valence-corrected chi connectivity index (χ1v) is 22.3. The maximum absolute atomic E-state index is 2.60. The van der Waals surface area contributed by atoms with Crippen LogP contribution in [-0.4, -0.2) is 83.7 Å². The quantitative estimate of drug-likeness (QED) is 0.405. The molecule has 2 aliphatic heterocycles. The minimum Gasteiger partial charge on any atom is -0.0622 e. The first-order chi connectivity index (χ1) is 12.4. The summed E-state index contributed by atoms with van der Waals surface area (Å²) in [7, 11) is 0. The van der Waals surface area contributed by atoms with Gasteiger partial charge in [0.2, 0.25) is 0 Å². The molecule has 25 heavy (non-hydrogen) atoms. The van der Waals surface area contributed by atoms with Crippen LogP contribution in [0.1, 0.15) is 11.1 Å². The summed E-state index contributed by atoms with van der Waals surface area (Å²) in [6, 6.07) is 21.2. The average Bonchev–Trinajstić information content (AvgIpc) is 3.37. The molecule has 4 rings (SSSR count). The Balaban J connectivity index is 0.000000150. The molecule has 0 aromatic heterocycles. The van der Waals surface area contributed by atoms with Gasteiger partial charge in [-0.2, -0.15) is 0 Å². The van der Waals surface area contributed by atoms with Gasteiger partial charge >= 0.3 is 123 Å². The van der Waals surface area contributed by atoms with Gasteiger partial charge in [0, 0.05) is 0 Å². The van der Waals surface area contributed by atoms with Gasteiger partial charge in [0.05, 0.1) is 0 Å². The molecule has 124 valence electrons. The van der Waals surface area contributed by atoms with Crippen LogP contribution in [0.25, 0.3) is 0 Å². The fourth-order valence-corrected chi connectivity index (χ4v) is 59.9. The number of hydrogen-bond donors (Lipinski definition) is 0. The van der Waals surface area contributed by atoms with E-state index in [0.29, 0.717) is 0 Å². The van der Waals surface area contributed by atoms with E-state index in [1.807, 2.05) is 0 Å². The number of aryl methyl sites for hydroxylation is 2. The predicted molar refractivity (Wildman–Crippen MR) is 114 cm³/mol. The first kappa shape index (κ1) is 21.5. The summed E-state index contributed by atoms with van der Waals surface area (Å²) in [5.74, 6) is 0. The van der Waals surface area contributed by atoms with Crippen LogP contribution in [0, 0.1) is 0 Å². The maximum Gasteiger partial charge on any atom is -0.0238 e. The van der Waals surface area contributed by atoms with Gasteiger partial charge < -0.3 is 0 Å². The SMILES string of the molecule is [CH]1=[CH][SbH][C]([Zr][C]2=[Sb][CH]=[CH][SbH]2)=[Sb]1.c1ccc(CCc2ccccc2)cc1. The molecule has 2 aliphatic rings. The number of rotatable bonds is 5. The molecule has 0 aliphatic carbocycles. The van der Waals surface area contributed by atoms with E-state index in [1.54, 1.807) is 0 Å². The molecule has 0 bridgehead atoms. The molecular formula is C20H20Sb4Zr. The summed E-state index contributed by atoms with van der Waals surface area (Å²) in [5, 5.41) is 0. The molecule has 0 spiro atoms. The van der Waals surface area contributed by atoms with Gasteiger partial charge in [-0.15, -0.1) is 0 Å². The van der Waals surface area contributed by atoms with Crippen molar-refractivity contribution in [1.29, 1.82) is 0 Å². The van der Waals surface area contributed by atoms with E-state index in [0.717, 1.165) is 12.8 Å². The Morgan fingerprint density at radius 2 is 1.08 bits per heavy atom. The van der Waals surface area contributed by atoms with Crippen molar-refractivity contribution in [3.05, 3.63) is 87.9 Å². The van der Waals surface area contributed by atoms with Crippen LogP contribution in [0.4, 0.5) is 0 Å². The first-order valence-electron chi connectivity index (χ1n) is 8.24. The second-order valence-electron chi connectivity index (χ2n) is 5.47. The van der Waals surface area contributed by atoms with Crippen molar-refractivity contribution in [2.45, 2.75) is 12.8 Å². The molecule has 0 saturated heterocycles.